The van der Waals surface area contributed by atoms with Gasteiger partial charge < -0.3 is 11.1 Å². The van der Waals surface area contributed by atoms with Gasteiger partial charge in [-0.15, -0.1) is 0 Å². The molecular weight excluding hydrogens is 208 g/mol. The Morgan fingerprint density at radius 2 is 2.27 bits per heavy atom. The highest BCUT2D eigenvalue weighted by Crippen LogP contribution is 2.10. The number of aryl methyl sites for hydroxylation is 1. The summed E-state index contributed by atoms with van der Waals surface area (Å²) in [5.74, 6) is 2.29. The first-order valence-corrected chi connectivity index (χ1v) is 6.38. The maximum absolute atomic E-state index is 5.57. The standard InChI is InChI=1S/C10H18N4S/c1-7(4-5-15-3)12-9-6-8(2)13-10(11)14-9/h6-7H,4-5H2,1-3H3,(H3,11,12,13,14). The van der Waals surface area contributed by atoms with Crippen molar-refractivity contribution >= 4 is 23.5 Å². The molecule has 0 aliphatic carbocycles. The molecule has 0 saturated carbocycles. The Kier molecular flexibility index (Phi) is 4.68. The molecule has 1 aromatic heterocycles. The van der Waals surface area contributed by atoms with Gasteiger partial charge in [-0.25, -0.2) is 4.98 Å². The van der Waals surface area contributed by atoms with Gasteiger partial charge in [0.05, 0.1) is 0 Å². The molecule has 1 aromatic rings. The summed E-state index contributed by atoms with van der Waals surface area (Å²) in [6, 6.07) is 2.32. The third-order valence-corrected chi connectivity index (χ3v) is 2.66. The van der Waals surface area contributed by atoms with Crippen LogP contribution in [0.15, 0.2) is 6.07 Å². The molecular formula is C10H18N4S. The summed E-state index contributed by atoms with van der Waals surface area (Å²) < 4.78 is 0. The quantitative estimate of drug-likeness (QED) is 0.803. The number of rotatable bonds is 5. The third kappa shape index (κ3) is 4.38. The van der Waals surface area contributed by atoms with Crippen LogP contribution in [0, 0.1) is 6.92 Å². The lowest BCUT2D eigenvalue weighted by Crippen LogP contribution is -2.17. The smallest absolute Gasteiger partial charge is 0.222 e. The van der Waals surface area contributed by atoms with Gasteiger partial charge in [-0.2, -0.15) is 16.7 Å². The zero-order chi connectivity index (χ0) is 11.3. The van der Waals surface area contributed by atoms with Crippen LogP contribution < -0.4 is 11.1 Å². The van der Waals surface area contributed by atoms with Gasteiger partial charge in [-0.3, -0.25) is 0 Å². The highest BCUT2D eigenvalue weighted by Gasteiger charge is 2.04. The Morgan fingerprint density at radius 3 is 2.87 bits per heavy atom. The molecule has 0 aromatic carbocycles. The molecule has 1 rings (SSSR count). The summed E-state index contributed by atoms with van der Waals surface area (Å²) in [5, 5.41) is 3.31. The first kappa shape index (κ1) is 12.1. The summed E-state index contributed by atoms with van der Waals surface area (Å²) in [6.45, 7) is 4.06. The predicted octanol–water partition coefficient (Wildman–Crippen LogP) is 1.92. The minimum absolute atomic E-state index is 0.328. The van der Waals surface area contributed by atoms with E-state index in [-0.39, 0.29) is 0 Å². The van der Waals surface area contributed by atoms with Crippen LogP contribution >= 0.6 is 11.8 Å². The lowest BCUT2D eigenvalue weighted by atomic mass is 10.2. The maximum atomic E-state index is 5.57. The number of aromatic nitrogens is 2. The first-order valence-electron chi connectivity index (χ1n) is 4.98. The number of nitrogens with one attached hydrogen (secondary N) is 1. The summed E-state index contributed by atoms with van der Waals surface area (Å²) in [4.78, 5) is 8.16. The fourth-order valence-electron chi connectivity index (χ4n) is 1.28. The Balaban J connectivity index is 2.56. The molecule has 0 amide bonds. The zero-order valence-electron chi connectivity index (χ0n) is 9.45. The number of nitrogens with two attached hydrogens (primary N) is 1. The lowest BCUT2D eigenvalue weighted by Gasteiger charge is -2.14. The van der Waals surface area contributed by atoms with Crippen molar-refractivity contribution in [2.75, 3.05) is 23.1 Å². The van der Waals surface area contributed by atoms with Crippen molar-refractivity contribution < 1.29 is 0 Å². The Bertz CT molecular complexity index is 296. The minimum atomic E-state index is 0.328. The van der Waals surface area contributed by atoms with Crippen LogP contribution in [0.2, 0.25) is 0 Å². The second kappa shape index (κ2) is 5.80. The van der Waals surface area contributed by atoms with Crippen molar-refractivity contribution in [3.05, 3.63) is 11.8 Å². The number of nitrogen functional groups attached to an aromatic ring is 1. The molecule has 0 saturated heterocycles. The zero-order valence-corrected chi connectivity index (χ0v) is 10.3. The highest BCUT2D eigenvalue weighted by atomic mass is 32.2. The second-order valence-corrected chi connectivity index (χ2v) is 4.57. The Morgan fingerprint density at radius 1 is 1.53 bits per heavy atom. The lowest BCUT2D eigenvalue weighted by molar-refractivity contribution is 0.766. The van der Waals surface area contributed by atoms with Crippen LogP contribution in [-0.2, 0) is 0 Å². The van der Waals surface area contributed by atoms with Crippen LogP contribution in [0.5, 0.6) is 0 Å². The normalized spacial score (nSPS) is 12.5. The molecule has 5 heteroatoms. The molecule has 0 fully saturated rings. The van der Waals surface area contributed by atoms with Crippen molar-refractivity contribution in [1.29, 1.82) is 0 Å². The van der Waals surface area contributed by atoms with Crippen molar-refractivity contribution in [3.63, 3.8) is 0 Å². The van der Waals surface area contributed by atoms with Gasteiger partial charge >= 0.3 is 0 Å². The number of thioether (sulfide) groups is 1. The fourth-order valence-corrected chi connectivity index (χ4v) is 1.87. The Hall–Kier alpha value is -0.970. The summed E-state index contributed by atoms with van der Waals surface area (Å²) in [6.07, 6.45) is 3.23. The van der Waals surface area contributed by atoms with E-state index in [9.17, 15) is 0 Å². The van der Waals surface area contributed by atoms with Gasteiger partial charge in [-0.1, -0.05) is 0 Å². The minimum Gasteiger partial charge on any atom is -0.368 e. The van der Waals surface area contributed by atoms with Gasteiger partial charge in [0.1, 0.15) is 5.82 Å². The summed E-state index contributed by atoms with van der Waals surface area (Å²) in [7, 11) is 0. The third-order valence-electron chi connectivity index (χ3n) is 2.02. The van der Waals surface area contributed by atoms with Crippen molar-refractivity contribution in [1.82, 2.24) is 9.97 Å². The van der Waals surface area contributed by atoms with E-state index in [1.807, 2.05) is 24.8 Å². The monoisotopic (exact) mass is 226 g/mol. The molecule has 1 unspecified atom stereocenters. The second-order valence-electron chi connectivity index (χ2n) is 3.58. The molecule has 4 nitrogen and oxygen atoms in total. The number of nitrogens with zero attached hydrogens (tertiary/aromatic N) is 2. The van der Waals surface area contributed by atoms with Crippen LogP contribution in [0.25, 0.3) is 0 Å². The van der Waals surface area contributed by atoms with Gasteiger partial charge in [0.2, 0.25) is 5.95 Å². The molecule has 0 radical (unpaired) electrons. The van der Waals surface area contributed by atoms with E-state index in [0.717, 1.165) is 23.7 Å². The SMILES string of the molecule is CSCCC(C)Nc1cc(C)nc(N)n1. The summed E-state index contributed by atoms with van der Waals surface area (Å²) >= 11 is 1.85. The van der Waals surface area contributed by atoms with Crippen LogP contribution in [0.3, 0.4) is 0 Å². The molecule has 15 heavy (non-hydrogen) atoms. The number of anilines is 2. The van der Waals surface area contributed by atoms with Crippen LogP contribution in [0.4, 0.5) is 11.8 Å². The predicted molar refractivity (Wildman–Crippen MR) is 67.3 cm³/mol. The van der Waals surface area contributed by atoms with Crippen molar-refractivity contribution in [2.24, 2.45) is 0 Å². The average Bonchev–Trinajstić information content (AvgIpc) is 2.13. The molecule has 1 atom stereocenters. The van der Waals surface area contributed by atoms with Gasteiger partial charge in [0.15, 0.2) is 0 Å². The van der Waals surface area contributed by atoms with E-state index in [1.165, 1.54) is 0 Å². The molecule has 84 valence electrons. The maximum Gasteiger partial charge on any atom is 0.222 e. The fraction of sp³-hybridized carbons (Fsp3) is 0.600. The van der Waals surface area contributed by atoms with E-state index < -0.39 is 0 Å². The van der Waals surface area contributed by atoms with E-state index >= 15 is 0 Å². The highest BCUT2D eigenvalue weighted by molar-refractivity contribution is 7.98. The molecule has 0 aliphatic rings. The topological polar surface area (TPSA) is 63.8 Å². The van der Waals surface area contributed by atoms with Gasteiger partial charge in [0, 0.05) is 17.8 Å². The van der Waals surface area contributed by atoms with E-state index in [4.69, 9.17) is 5.73 Å². The van der Waals surface area contributed by atoms with E-state index in [2.05, 4.69) is 28.5 Å². The van der Waals surface area contributed by atoms with E-state index in [1.54, 1.807) is 0 Å². The number of hydrogen-bond acceptors (Lipinski definition) is 5. The molecule has 0 bridgehead atoms. The molecule has 0 aliphatic heterocycles. The largest absolute Gasteiger partial charge is 0.368 e. The Labute approximate surface area is 95.1 Å². The van der Waals surface area contributed by atoms with Crippen molar-refractivity contribution in [3.8, 4) is 0 Å². The van der Waals surface area contributed by atoms with Gasteiger partial charge in [-0.05, 0) is 32.3 Å². The average molecular weight is 226 g/mol. The molecule has 0 spiro atoms. The molecule has 1 heterocycles. The van der Waals surface area contributed by atoms with Crippen molar-refractivity contribution in [2.45, 2.75) is 26.3 Å². The number of hydrogen-bond donors (Lipinski definition) is 2. The summed E-state index contributed by atoms with van der Waals surface area (Å²) in [5.41, 5.74) is 6.46. The molecule has 3 N–H and O–H groups in total. The van der Waals surface area contributed by atoms with Crippen LogP contribution in [-0.4, -0.2) is 28.0 Å². The van der Waals surface area contributed by atoms with Gasteiger partial charge in [0.25, 0.3) is 0 Å². The van der Waals surface area contributed by atoms with E-state index in [0.29, 0.717) is 12.0 Å². The van der Waals surface area contributed by atoms with Crippen LogP contribution in [0.1, 0.15) is 19.0 Å². The first-order chi connectivity index (χ1) is 7.11.